The second kappa shape index (κ2) is 14.5. The molecule has 0 amide bonds. The standard InChI is InChI=1S/C54H53N/c1-8-9-18-36(2)37(3)42(39-26-29-46-44-21-13-15-24-49(44)53(4,5)51(46)33-39)23-17-32-55-41-28-31-43(48(35-41)38-19-11-10-12-20-38)40-27-30-47-45-22-14-16-25-50(45)54(6,7)52(47)34-40/h8-19,21-31,33-35,38,43,48,55H,1-2,20,32H2,3-7H3/b18-9-,23-17-,42-37-. The lowest BCUT2D eigenvalue weighted by molar-refractivity contribution is 0.430. The zero-order chi connectivity index (χ0) is 38.3. The Hall–Kier alpha value is -5.66. The van der Waals surface area contributed by atoms with E-state index in [1.54, 1.807) is 6.08 Å². The molecular weight excluding hydrogens is 663 g/mol. The molecule has 0 radical (unpaired) electrons. The Balaban J connectivity index is 1.06. The fourth-order valence-corrected chi connectivity index (χ4v) is 9.50. The van der Waals surface area contributed by atoms with Crippen molar-refractivity contribution in [1.82, 2.24) is 5.32 Å². The third kappa shape index (κ3) is 6.50. The second-order valence-electron chi connectivity index (χ2n) is 16.6. The van der Waals surface area contributed by atoms with E-state index in [9.17, 15) is 0 Å². The Morgan fingerprint density at radius 3 is 2.09 bits per heavy atom. The average molecular weight is 716 g/mol. The van der Waals surface area contributed by atoms with Gasteiger partial charge in [-0.2, -0.15) is 0 Å². The van der Waals surface area contributed by atoms with Crippen LogP contribution in [-0.2, 0) is 10.8 Å². The number of benzene rings is 4. The van der Waals surface area contributed by atoms with Gasteiger partial charge in [0.1, 0.15) is 0 Å². The molecular formula is C54H53N. The van der Waals surface area contributed by atoms with Crippen LogP contribution in [-0.4, -0.2) is 6.54 Å². The first-order valence-corrected chi connectivity index (χ1v) is 19.9. The Bertz CT molecular complexity index is 2410. The molecule has 4 aromatic carbocycles. The van der Waals surface area contributed by atoms with Gasteiger partial charge in [0.15, 0.2) is 0 Å². The maximum absolute atomic E-state index is 4.43. The molecule has 0 saturated heterocycles. The number of fused-ring (bicyclic) bond motifs is 6. The molecule has 1 heteroatoms. The topological polar surface area (TPSA) is 12.0 Å². The quantitative estimate of drug-likeness (QED) is 0.161. The number of rotatable bonds is 10. The van der Waals surface area contributed by atoms with Crippen LogP contribution in [0.5, 0.6) is 0 Å². The molecule has 1 nitrogen and oxygen atoms in total. The minimum atomic E-state index is -0.0650. The van der Waals surface area contributed by atoms with Crippen molar-refractivity contribution in [3.05, 3.63) is 221 Å². The van der Waals surface area contributed by atoms with Gasteiger partial charge in [-0.15, -0.1) is 0 Å². The number of allylic oxidation sites excluding steroid dienone is 14. The molecule has 55 heavy (non-hydrogen) atoms. The molecule has 0 fully saturated rings. The maximum atomic E-state index is 4.43. The highest BCUT2D eigenvalue weighted by atomic mass is 14.9. The lowest BCUT2D eigenvalue weighted by Gasteiger charge is -2.33. The summed E-state index contributed by atoms with van der Waals surface area (Å²) in [5.41, 5.74) is 18.1. The summed E-state index contributed by atoms with van der Waals surface area (Å²) in [6, 6.07) is 32.0. The molecule has 4 aromatic rings. The van der Waals surface area contributed by atoms with E-state index < -0.39 is 0 Å². The molecule has 4 aliphatic carbocycles. The average Bonchev–Trinajstić information content (AvgIpc) is 3.59. The normalized spacial score (nSPS) is 21.5. The van der Waals surface area contributed by atoms with Crippen molar-refractivity contribution >= 4 is 5.57 Å². The Morgan fingerprint density at radius 1 is 0.764 bits per heavy atom. The van der Waals surface area contributed by atoms with E-state index in [1.807, 2.05) is 12.2 Å². The van der Waals surface area contributed by atoms with Gasteiger partial charge in [0, 0.05) is 29.0 Å². The molecule has 0 saturated carbocycles. The van der Waals surface area contributed by atoms with Gasteiger partial charge in [-0.3, -0.25) is 0 Å². The number of hydrogen-bond donors (Lipinski definition) is 1. The van der Waals surface area contributed by atoms with Gasteiger partial charge in [-0.05, 0) is 110 Å². The van der Waals surface area contributed by atoms with Gasteiger partial charge in [-0.1, -0.05) is 187 Å². The first-order valence-electron chi connectivity index (χ1n) is 19.9. The summed E-state index contributed by atoms with van der Waals surface area (Å²) < 4.78 is 0. The van der Waals surface area contributed by atoms with Crippen LogP contribution in [0.15, 0.2) is 188 Å². The summed E-state index contributed by atoms with van der Waals surface area (Å²) in [7, 11) is 0. The van der Waals surface area contributed by atoms with Crippen LogP contribution in [0.3, 0.4) is 0 Å². The SMILES string of the molecule is C=C/C=C\C(=C)/C(C)=C(/C=C\CNC1=CC(C2C=CC=CC2)C(c2ccc3c(c2)C(C)(C)c2ccccc2-3)C=C1)c1ccc2c(c1)C(C)(C)c1ccccc1-2. The van der Waals surface area contributed by atoms with Crippen molar-refractivity contribution in [2.24, 2.45) is 11.8 Å². The van der Waals surface area contributed by atoms with Gasteiger partial charge in [0.05, 0.1) is 0 Å². The highest BCUT2D eigenvalue weighted by molar-refractivity contribution is 5.86. The van der Waals surface area contributed by atoms with Gasteiger partial charge in [-0.25, -0.2) is 0 Å². The zero-order valence-electron chi connectivity index (χ0n) is 33.1. The van der Waals surface area contributed by atoms with E-state index in [4.69, 9.17) is 0 Å². The van der Waals surface area contributed by atoms with Crippen molar-refractivity contribution in [2.45, 2.75) is 57.8 Å². The minimum Gasteiger partial charge on any atom is -0.382 e. The van der Waals surface area contributed by atoms with Crippen LogP contribution >= 0.6 is 0 Å². The van der Waals surface area contributed by atoms with Crippen molar-refractivity contribution < 1.29 is 0 Å². The fraction of sp³-hybridized carbons (Fsp3) is 0.222. The first kappa shape index (κ1) is 36.3. The zero-order valence-corrected chi connectivity index (χ0v) is 33.1. The molecule has 0 heterocycles. The van der Waals surface area contributed by atoms with Crippen molar-refractivity contribution in [3.63, 3.8) is 0 Å². The van der Waals surface area contributed by atoms with Crippen LogP contribution in [0.1, 0.15) is 80.3 Å². The van der Waals surface area contributed by atoms with Gasteiger partial charge < -0.3 is 5.32 Å². The largest absolute Gasteiger partial charge is 0.382 e. The van der Waals surface area contributed by atoms with Gasteiger partial charge in [0.2, 0.25) is 0 Å². The molecule has 0 spiro atoms. The predicted molar refractivity (Wildman–Crippen MR) is 236 cm³/mol. The Labute approximate surface area is 329 Å². The smallest absolute Gasteiger partial charge is 0.0333 e. The molecule has 3 atom stereocenters. The molecule has 274 valence electrons. The monoisotopic (exact) mass is 715 g/mol. The molecule has 0 bridgehead atoms. The van der Waals surface area contributed by atoms with Crippen LogP contribution in [0.2, 0.25) is 0 Å². The molecule has 4 aliphatic rings. The van der Waals surface area contributed by atoms with E-state index in [0.29, 0.717) is 24.3 Å². The summed E-state index contributed by atoms with van der Waals surface area (Å²) in [5.74, 6) is 1.08. The molecule has 1 N–H and O–H groups in total. The van der Waals surface area contributed by atoms with Crippen molar-refractivity contribution in [2.75, 3.05) is 6.54 Å². The third-order valence-electron chi connectivity index (χ3n) is 12.7. The fourth-order valence-electron chi connectivity index (χ4n) is 9.50. The van der Waals surface area contributed by atoms with Crippen LogP contribution in [0.25, 0.3) is 27.8 Å². The van der Waals surface area contributed by atoms with E-state index in [-0.39, 0.29) is 10.8 Å². The summed E-state index contributed by atoms with van der Waals surface area (Å²) >= 11 is 0. The Kier molecular flexibility index (Phi) is 9.60. The highest BCUT2D eigenvalue weighted by Gasteiger charge is 2.37. The molecule has 0 aromatic heterocycles. The van der Waals surface area contributed by atoms with Crippen molar-refractivity contribution in [3.8, 4) is 22.3 Å². The third-order valence-corrected chi connectivity index (χ3v) is 12.7. The Morgan fingerprint density at radius 2 is 1.42 bits per heavy atom. The first-order chi connectivity index (χ1) is 26.6. The van der Waals surface area contributed by atoms with E-state index in [2.05, 4.69) is 193 Å². The van der Waals surface area contributed by atoms with Gasteiger partial charge >= 0.3 is 0 Å². The predicted octanol–water partition coefficient (Wildman–Crippen LogP) is 13.5. The lowest BCUT2D eigenvalue weighted by atomic mass is 9.72. The van der Waals surface area contributed by atoms with E-state index in [0.717, 1.165) is 17.6 Å². The molecule has 0 aliphatic heterocycles. The minimum absolute atomic E-state index is 0.0147. The summed E-state index contributed by atoms with van der Waals surface area (Å²) in [6.07, 6.45) is 27.8. The van der Waals surface area contributed by atoms with Crippen LogP contribution < -0.4 is 5.32 Å². The van der Waals surface area contributed by atoms with E-state index >= 15 is 0 Å². The molecule has 3 unspecified atom stereocenters. The molecule has 8 rings (SSSR count). The maximum Gasteiger partial charge on any atom is 0.0333 e. The number of nitrogens with one attached hydrogen (secondary N) is 1. The van der Waals surface area contributed by atoms with E-state index in [1.165, 1.54) is 66.9 Å². The van der Waals surface area contributed by atoms with Crippen molar-refractivity contribution in [1.29, 1.82) is 0 Å². The number of hydrogen-bond acceptors (Lipinski definition) is 1. The lowest BCUT2D eigenvalue weighted by Crippen LogP contribution is -2.25. The second-order valence-corrected chi connectivity index (χ2v) is 16.6. The van der Waals surface area contributed by atoms with Gasteiger partial charge in [0.25, 0.3) is 0 Å². The summed E-state index contributed by atoms with van der Waals surface area (Å²) in [6.45, 7) is 20.6. The summed E-state index contributed by atoms with van der Waals surface area (Å²) in [4.78, 5) is 0. The highest BCUT2D eigenvalue weighted by Crippen LogP contribution is 2.51. The van der Waals surface area contributed by atoms with Crippen LogP contribution in [0.4, 0.5) is 0 Å². The summed E-state index contributed by atoms with van der Waals surface area (Å²) in [5, 5.41) is 3.78. The van der Waals surface area contributed by atoms with Crippen LogP contribution in [0, 0.1) is 11.8 Å².